The average molecular weight is 447 g/mol. The van der Waals surface area contributed by atoms with Gasteiger partial charge in [0, 0.05) is 35.9 Å². The Balaban J connectivity index is 1.64. The molecule has 1 saturated heterocycles. The van der Waals surface area contributed by atoms with Gasteiger partial charge >= 0.3 is 0 Å². The first-order chi connectivity index (χ1) is 15.5. The van der Waals surface area contributed by atoms with Crippen LogP contribution in [0.25, 0.3) is 5.76 Å². The molecule has 1 N–H and O–H groups in total. The van der Waals surface area contributed by atoms with Crippen molar-refractivity contribution in [3.8, 4) is 5.75 Å². The fourth-order valence-corrected chi connectivity index (χ4v) is 4.34. The Hall–Kier alpha value is -3.64. The highest BCUT2D eigenvalue weighted by atomic mass is 35.5. The van der Waals surface area contributed by atoms with Crippen LogP contribution in [0.15, 0.2) is 72.6 Å². The molecule has 1 aromatic heterocycles. The second kappa shape index (κ2) is 8.13. The summed E-state index contributed by atoms with van der Waals surface area (Å²) in [6.45, 7) is 0.764. The number of rotatable bonds is 4. The summed E-state index contributed by atoms with van der Waals surface area (Å²) in [4.78, 5) is 31.8. The van der Waals surface area contributed by atoms with Crippen molar-refractivity contribution in [1.82, 2.24) is 9.88 Å². The van der Waals surface area contributed by atoms with Crippen LogP contribution in [-0.2, 0) is 22.6 Å². The van der Waals surface area contributed by atoms with Crippen LogP contribution >= 0.6 is 11.6 Å². The fraction of sp³-hybridized carbons (Fsp3) is 0.160. The number of Topliss-reactive ketones (excluding diaryl/α,β-unsaturated/α-hetero) is 1. The number of likely N-dealkylation sites (tertiary alicyclic amines) is 1. The summed E-state index contributed by atoms with van der Waals surface area (Å²) in [5.41, 5.74) is 2.96. The molecule has 7 heteroatoms. The molecule has 1 atom stereocenters. The van der Waals surface area contributed by atoms with Crippen LogP contribution in [0.4, 0.5) is 0 Å². The molecule has 2 aliphatic rings. The van der Waals surface area contributed by atoms with Crippen molar-refractivity contribution < 1.29 is 19.4 Å². The summed E-state index contributed by atoms with van der Waals surface area (Å²) >= 11 is 6.06. The van der Waals surface area contributed by atoms with E-state index >= 15 is 0 Å². The van der Waals surface area contributed by atoms with Crippen LogP contribution in [0.3, 0.4) is 0 Å². The lowest BCUT2D eigenvalue weighted by Crippen LogP contribution is -2.29. The number of hydrogen-bond acceptors (Lipinski definition) is 5. The minimum atomic E-state index is -0.753. The number of aromatic nitrogens is 1. The molecule has 160 valence electrons. The summed E-state index contributed by atoms with van der Waals surface area (Å²) in [5.74, 6) is -0.817. The smallest absolute Gasteiger partial charge is 0.295 e. The zero-order valence-electron chi connectivity index (χ0n) is 17.0. The molecule has 2 aliphatic heterocycles. The van der Waals surface area contributed by atoms with Crippen LogP contribution in [-0.4, -0.2) is 33.3 Å². The molecule has 3 heterocycles. The highest BCUT2D eigenvalue weighted by molar-refractivity contribution is 6.46. The molecule has 6 nitrogen and oxygen atoms in total. The second-order valence-corrected chi connectivity index (χ2v) is 8.20. The molecule has 5 rings (SSSR count). The van der Waals surface area contributed by atoms with Gasteiger partial charge in [-0.2, -0.15) is 0 Å². The minimum absolute atomic E-state index is 0.0556. The zero-order valence-corrected chi connectivity index (χ0v) is 17.7. The summed E-state index contributed by atoms with van der Waals surface area (Å²) < 4.78 is 5.54. The molecular weight excluding hydrogens is 428 g/mol. The van der Waals surface area contributed by atoms with E-state index in [1.54, 1.807) is 54.9 Å². The Morgan fingerprint density at radius 2 is 1.97 bits per heavy atom. The largest absolute Gasteiger partial charge is 0.507 e. The lowest BCUT2D eigenvalue weighted by molar-refractivity contribution is -0.140. The van der Waals surface area contributed by atoms with Gasteiger partial charge in [-0.1, -0.05) is 29.8 Å². The van der Waals surface area contributed by atoms with E-state index in [1.807, 2.05) is 12.1 Å². The molecule has 0 saturated carbocycles. The summed E-state index contributed by atoms with van der Waals surface area (Å²) in [7, 11) is 0. The molecular formula is C25H19ClN2O4. The topological polar surface area (TPSA) is 79.7 Å². The van der Waals surface area contributed by atoms with Gasteiger partial charge in [0.25, 0.3) is 11.7 Å². The SMILES string of the molecule is O=C1C(=O)N(Cc2cccnc2)C(c2ccc(Cl)cc2)/C1=C(/O)c1ccc2c(c1)CCO2. The number of ether oxygens (including phenoxy) is 1. The predicted octanol–water partition coefficient (Wildman–Crippen LogP) is 4.29. The Bertz CT molecular complexity index is 1240. The third kappa shape index (κ3) is 3.52. The minimum Gasteiger partial charge on any atom is -0.507 e. The number of amides is 1. The first-order valence-corrected chi connectivity index (χ1v) is 10.6. The number of pyridine rings is 1. The number of carbonyl (C=O) groups excluding carboxylic acids is 2. The summed E-state index contributed by atoms with van der Waals surface area (Å²) in [6.07, 6.45) is 4.02. The second-order valence-electron chi connectivity index (χ2n) is 7.76. The summed E-state index contributed by atoms with van der Waals surface area (Å²) in [6, 6.07) is 15.1. The Labute approximate surface area is 189 Å². The molecule has 32 heavy (non-hydrogen) atoms. The molecule has 3 aromatic rings. The lowest BCUT2D eigenvalue weighted by atomic mass is 9.94. The third-order valence-corrected chi connectivity index (χ3v) is 6.02. The molecule has 0 radical (unpaired) electrons. The van der Waals surface area contributed by atoms with Gasteiger partial charge in [-0.15, -0.1) is 0 Å². The van der Waals surface area contributed by atoms with Gasteiger partial charge in [-0.25, -0.2) is 0 Å². The quantitative estimate of drug-likeness (QED) is 0.367. The zero-order chi connectivity index (χ0) is 22.2. The van der Waals surface area contributed by atoms with E-state index in [4.69, 9.17) is 16.3 Å². The molecule has 1 unspecified atom stereocenters. The normalized spacial score (nSPS) is 19.2. The number of aliphatic hydroxyl groups is 1. The van der Waals surface area contributed by atoms with E-state index in [1.165, 1.54) is 4.90 Å². The third-order valence-electron chi connectivity index (χ3n) is 5.76. The number of halogens is 1. The van der Waals surface area contributed by atoms with Gasteiger partial charge in [-0.3, -0.25) is 14.6 Å². The predicted molar refractivity (Wildman–Crippen MR) is 119 cm³/mol. The summed E-state index contributed by atoms with van der Waals surface area (Å²) in [5, 5.41) is 11.7. The first kappa shape index (κ1) is 20.3. The monoisotopic (exact) mass is 446 g/mol. The Kier molecular flexibility index (Phi) is 5.15. The van der Waals surface area contributed by atoms with Gasteiger partial charge in [0.05, 0.1) is 18.2 Å². The Morgan fingerprint density at radius 3 is 2.72 bits per heavy atom. The number of carbonyl (C=O) groups is 2. The van der Waals surface area contributed by atoms with Gasteiger partial charge in [-0.05, 0) is 53.1 Å². The maximum atomic E-state index is 13.1. The van der Waals surface area contributed by atoms with Crippen LogP contribution in [0.5, 0.6) is 5.75 Å². The Morgan fingerprint density at radius 1 is 1.16 bits per heavy atom. The number of ketones is 1. The maximum Gasteiger partial charge on any atom is 0.295 e. The van der Waals surface area contributed by atoms with Crippen LogP contribution in [0.2, 0.25) is 5.02 Å². The number of hydrogen-bond donors (Lipinski definition) is 1. The number of nitrogens with zero attached hydrogens (tertiary/aromatic N) is 2. The molecule has 1 fully saturated rings. The van der Waals surface area contributed by atoms with Crippen LogP contribution in [0, 0.1) is 0 Å². The van der Waals surface area contributed by atoms with Crippen molar-refractivity contribution in [3.05, 3.63) is 99.8 Å². The van der Waals surface area contributed by atoms with Crippen molar-refractivity contribution in [2.75, 3.05) is 6.61 Å². The van der Waals surface area contributed by atoms with Gasteiger partial charge < -0.3 is 14.7 Å². The maximum absolute atomic E-state index is 13.1. The lowest BCUT2D eigenvalue weighted by Gasteiger charge is -2.25. The van der Waals surface area contributed by atoms with Crippen molar-refractivity contribution in [2.45, 2.75) is 19.0 Å². The van der Waals surface area contributed by atoms with Crippen LogP contribution < -0.4 is 4.74 Å². The van der Waals surface area contributed by atoms with E-state index in [9.17, 15) is 14.7 Å². The standard InChI is InChI=1S/C25H19ClN2O4/c26-19-6-3-16(4-7-19)22-21(23(29)18-5-8-20-17(12-18)9-11-32-20)24(30)25(31)28(22)14-15-2-1-10-27-13-15/h1-8,10,12-13,22,29H,9,11,14H2/b23-21-. The highest BCUT2D eigenvalue weighted by Crippen LogP contribution is 2.41. The molecule has 0 aliphatic carbocycles. The van der Waals surface area contributed by atoms with Crippen molar-refractivity contribution in [3.63, 3.8) is 0 Å². The van der Waals surface area contributed by atoms with Crippen molar-refractivity contribution in [2.24, 2.45) is 0 Å². The molecule has 1 amide bonds. The number of benzene rings is 2. The number of aliphatic hydroxyl groups excluding tert-OH is 1. The molecule has 2 aromatic carbocycles. The van der Waals surface area contributed by atoms with E-state index in [0.717, 1.165) is 23.3 Å². The van der Waals surface area contributed by atoms with Gasteiger partial charge in [0.1, 0.15) is 11.5 Å². The van der Waals surface area contributed by atoms with Gasteiger partial charge in [0.15, 0.2) is 0 Å². The van der Waals surface area contributed by atoms with E-state index in [0.29, 0.717) is 22.8 Å². The van der Waals surface area contributed by atoms with E-state index in [2.05, 4.69) is 4.98 Å². The average Bonchev–Trinajstić information content (AvgIpc) is 3.38. The van der Waals surface area contributed by atoms with Crippen molar-refractivity contribution >= 4 is 29.1 Å². The number of fused-ring (bicyclic) bond motifs is 1. The highest BCUT2D eigenvalue weighted by Gasteiger charge is 2.46. The first-order valence-electron chi connectivity index (χ1n) is 10.2. The molecule has 0 bridgehead atoms. The van der Waals surface area contributed by atoms with Gasteiger partial charge in [0.2, 0.25) is 0 Å². The van der Waals surface area contributed by atoms with E-state index < -0.39 is 17.7 Å². The van der Waals surface area contributed by atoms with E-state index in [-0.39, 0.29) is 17.9 Å². The van der Waals surface area contributed by atoms with Crippen LogP contribution in [0.1, 0.15) is 28.3 Å². The molecule has 0 spiro atoms. The van der Waals surface area contributed by atoms with Crippen molar-refractivity contribution in [1.29, 1.82) is 0 Å². The fourth-order valence-electron chi connectivity index (χ4n) is 4.21.